The first-order valence-electron chi connectivity index (χ1n) is 6.23. The Labute approximate surface area is 126 Å². The zero-order valence-corrected chi connectivity index (χ0v) is 12.3. The molecule has 3 nitrogen and oxygen atoms in total. The molecule has 1 aliphatic rings. The second kappa shape index (κ2) is 6.43. The summed E-state index contributed by atoms with van der Waals surface area (Å²) < 4.78 is 12.8. The third-order valence-electron chi connectivity index (χ3n) is 3.22. The molecule has 0 spiro atoms. The predicted molar refractivity (Wildman–Crippen MR) is 79.2 cm³/mol. The largest absolute Gasteiger partial charge is 0.308 e. The van der Waals surface area contributed by atoms with Gasteiger partial charge in [-0.3, -0.25) is 4.79 Å². The molecular formula is C14H14ClFN2OS. The molecule has 2 aromatic rings. The quantitative estimate of drug-likeness (QED) is 0.884. The summed E-state index contributed by atoms with van der Waals surface area (Å²) in [5.74, 6) is -0.494. The van der Waals surface area contributed by atoms with Crippen LogP contribution in [0.3, 0.4) is 0 Å². The Morgan fingerprint density at radius 3 is 2.75 bits per heavy atom. The lowest BCUT2D eigenvalue weighted by Crippen LogP contribution is -2.13. The summed E-state index contributed by atoms with van der Waals surface area (Å²) in [6.45, 7) is 1.01. The van der Waals surface area contributed by atoms with Crippen LogP contribution < -0.4 is 5.32 Å². The van der Waals surface area contributed by atoms with Crippen molar-refractivity contribution >= 4 is 29.5 Å². The Morgan fingerprint density at radius 2 is 2.10 bits per heavy atom. The molecule has 1 unspecified atom stereocenters. The van der Waals surface area contributed by atoms with Gasteiger partial charge in [0.15, 0.2) is 0 Å². The van der Waals surface area contributed by atoms with E-state index in [2.05, 4.69) is 10.3 Å². The maximum absolute atomic E-state index is 12.8. The molecule has 1 fully saturated rings. The van der Waals surface area contributed by atoms with Crippen LogP contribution in [0.4, 0.5) is 4.39 Å². The number of nitrogens with one attached hydrogen (secondary N) is 1. The van der Waals surface area contributed by atoms with Gasteiger partial charge in [0.1, 0.15) is 16.5 Å². The minimum Gasteiger partial charge on any atom is -0.308 e. The van der Waals surface area contributed by atoms with E-state index < -0.39 is 0 Å². The molecule has 20 heavy (non-hydrogen) atoms. The van der Waals surface area contributed by atoms with Crippen LogP contribution in [0.15, 0.2) is 29.6 Å². The molecule has 1 aromatic carbocycles. The number of thiazole rings is 1. The molecular weight excluding hydrogens is 299 g/mol. The summed E-state index contributed by atoms with van der Waals surface area (Å²) in [5.41, 5.74) is 0.915. The average Bonchev–Trinajstić information content (AvgIpc) is 3.10. The molecule has 2 heterocycles. The minimum absolute atomic E-state index is 0. The fourth-order valence-electron chi connectivity index (χ4n) is 2.20. The molecule has 1 aromatic heterocycles. The molecule has 1 saturated heterocycles. The Morgan fingerprint density at radius 1 is 1.35 bits per heavy atom. The second-order valence-electron chi connectivity index (χ2n) is 4.56. The maximum atomic E-state index is 12.8. The van der Waals surface area contributed by atoms with Gasteiger partial charge in [0.25, 0.3) is 0 Å². The van der Waals surface area contributed by atoms with E-state index in [0.29, 0.717) is 11.3 Å². The second-order valence-corrected chi connectivity index (χ2v) is 5.45. The molecule has 1 N–H and O–H groups in total. The summed E-state index contributed by atoms with van der Waals surface area (Å²) >= 11 is 1.50. The van der Waals surface area contributed by atoms with Crippen LogP contribution in [-0.4, -0.2) is 17.3 Å². The van der Waals surface area contributed by atoms with Gasteiger partial charge in [-0.05, 0) is 43.7 Å². The lowest BCUT2D eigenvalue weighted by Gasteiger charge is -2.04. The minimum atomic E-state index is -0.342. The topological polar surface area (TPSA) is 42.0 Å². The van der Waals surface area contributed by atoms with E-state index in [9.17, 15) is 9.18 Å². The highest BCUT2D eigenvalue weighted by Crippen LogP contribution is 2.26. The molecule has 0 aliphatic carbocycles. The van der Waals surface area contributed by atoms with Gasteiger partial charge >= 0.3 is 0 Å². The molecule has 1 aliphatic heterocycles. The van der Waals surface area contributed by atoms with Crippen LogP contribution in [0.1, 0.15) is 39.9 Å². The first-order chi connectivity index (χ1) is 9.24. The number of hydrogen-bond donors (Lipinski definition) is 1. The third-order valence-corrected chi connectivity index (χ3v) is 4.18. The number of carbonyl (C=O) groups excluding carboxylic acids is 1. The molecule has 3 rings (SSSR count). The summed E-state index contributed by atoms with van der Waals surface area (Å²) in [5, 5.41) is 6.10. The van der Waals surface area contributed by atoms with Crippen molar-refractivity contribution in [1.29, 1.82) is 0 Å². The highest BCUT2D eigenvalue weighted by Gasteiger charge is 2.21. The van der Waals surface area contributed by atoms with Crippen LogP contribution in [0.25, 0.3) is 0 Å². The number of ketones is 1. The molecule has 0 bridgehead atoms. The summed E-state index contributed by atoms with van der Waals surface area (Å²) in [7, 11) is 0. The van der Waals surface area contributed by atoms with Crippen molar-refractivity contribution in [1.82, 2.24) is 10.3 Å². The smallest absolute Gasteiger partial charge is 0.212 e. The van der Waals surface area contributed by atoms with E-state index in [-0.39, 0.29) is 30.0 Å². The molecule has 0 saturated carbocycles. The van der Waals surface area contributed by atoms with Crippen molar-refractivity contribution in [2.24, 2.45) is 0 Å². The van der Waals surface area contributed by atoms with Crippen LogP contribution in [0.5, 0.6) is 0 Å². The average molecular weight is 313 g/mol. The zero-order chi connectivity index (χ0) is 13.2. The third kappa shape index (κ3) is 3.06. The van der Waals surface area contributed by atoms with Crippen LogP contribution in [0.2, 0.25) is 0 Å². The van der Waals surface area contributed by atoms with E-state index in [1.807, 2.05) is 0 Å². The van der Waals surface area contributed by atoms with Crippen molar-refractivity contribution in [3.8, 4) is 0 Å². The summed E-state index contributed by atoms with van der Waals surface area (Å²) in [6, 6.07) is 5.84. The number of carbonyl (C=O) groups is 1. The summed E-state index contributed by atoms with van der Waals surface area (Å²) in [4.78, 5) is 16.6. The molecule has 1 atom stereocenters. The van der Waals surface area contributed by atoms with Gasteiger partial charge in [-0.15, -0.1) is 23.7 Å². The van der Waals surface area contributed by atoms with Gasteiger partial charge in [-0.2, -0.15) is 0 Å². The maximum Gasteiger partial charge on any atom is 0.212 e. The van der Waals surface area contributed by atoms with Crippen LogP contribution in [-0.2, 0) is 0 Å². The van der Waals surface area contributed by atoms with E-state index in [4.69, 9.17) is 0 Å². The van der Waals surface area contributed by atoms with Gasteiger partial charge in [-0.25, -0.2) is 9.37 Å². The highest BCUT2D eigenvalue weighted by atomic mass is 35.5. The van der Waals surface area contributed by atoms with Gasteiger partial charge in [0.2, 0.25) is 5.78 Å². The molecule has 6 heteroatoms. The Kier molecular flexibility index (Phi) is 4.86. The number of benzene rings is 1. The number of rotatable bonds is 3. The van der Waals surface area contributed by atoms with E-state index in [1.165, 1.54) is 35.6 Å². The Balaban J connectivity index is 0.00000147. The fourth-order valence-corrected chi connectivity index (χ4v) is 3.11. The van der Waals surface area contributed by atoms with Crippen LogP contribution in [0, 0.1) is 5.82 Å². The standard InChI is InChI=1S/C14H13FN2OS.ClH/c15-10-5-3-9(4-6-10)13(18)12-8-19-14(17-12)11-2-1-7-16-11;/h3-6,8,11,16H,1-2,7H2;1H. The van der Waals surface area contributed by atoms with Crippen molar-refractivity contribution in [2.75, 3.05) is 6.54 Å². The predicted octanol–water partition coefficient (Wildman–Crippen LogP) is 3.36. The molecule has 0 amide bonds. The Bertz CT molecular complexity index is 593. The number of hydrogen-bond acceptors (Lipinski definition) is 4. The van der Waals surface area contributed by atoms with E-state index in [1.54, 1.807) is 5.38 Å². The number of aromatic nitrogens is 1. The SMILES string of the molecule is Cl.O=C(c1ccc(F)cc1)c1csc(C2CCCN2)n1. The van der Waals surface area contributed by atoms with Crippen molar-refractivity contribution < 1.29 is 9.18 Å². The van der Waals surface area contributed by atoms with E-state index >= 15 is 0 Å². The van der Waals surface area contributed by atoms with Crippen molar-refractivity contribution in [2.45, 2.75) is 18.9 Å². The fraction of sp³-hybridized carbons (Fsp3) is 0.286. The highest BCUT2D eigenvalue weighted by molar-refractivity contribution is 7.10. The normalized spacial score (nSPS) is 17.8. The lowest BCUT2D eigenvalue weighted by molar-refractivity contribution is 0.103. The van der Waals surface area contributed by atoms with Gasteiger partial charge in [-0.1, -0.05) is 0 Å². The van der Waals surface area contributed by atoms with Gasteiger partial charge in [0, 0.05) is 10.9 Å². The first kappa shape index (κ1) is 15.1. The van der Waals surface area contributed by atoms with E-state index in [0.717, 1.165) is 24.4 Å². The zero-order valence-electron chi connectivity index (χ0n) is 10.6. The van der Waals surface area contributed by atoms with Crippen molar-refractivity contribution in [3.05, 3.63) is 51.7 Å². The van der Waals surface area contributed by atoms with Crippen LogP contribution >= 0.6 is 23.7 Å². The monoisotopic (exact) mass is 312 g/mol. The first-order valence-corrected chi connectivity index (χ1v) is 7.11. The number of halogens is 2. The van der Waals surface area contributed by atoms with Crippen molar-refractivity contribution in [3.63, 3.8) is 0 Å². The molecule has 0 radical (unpaired) electrons. The Hall–Kier alpha value is -1.30. The summed E-state index contributed by atoms with van der Waals surface area (Å²) in [6.07, 6.45) is 2.21. The van der Waals surface area contributed by atoms with Gasteiger partial charge in [0.05, 0.1) is 6.04 Å². The molecule has 106 valence electrons. The lowest BCUT2D eigenvalue weighted by atomic mass is 10.1. The van der Waals surface area contributed by atoms with Gasteiger partial charge < -0.3 is 5.32 Å². The number of nitrogens with zero attached hydrogens (tertiary/aromatic N) is 1.